The molecule has 0 spiro atoms. The van der Waals surface area contributed by atoms with Crippen LogP contribution in [0.2, 0.25) is 0 Å². The zero-order valence-electron chi connectivity index (χ0n) is 25.8. The highest BCUT2D eigenvalue weighted by Gasteiger charge is 2.26. The lowest BCUT2D eigenvalue weighted by Crippen LogP contribution is -2.50. The van der Waals surface area contributed by atoms with Gasteiger partial charge in [-0.1, -0.05) is 122 Å². The maximum absolute atomic E-state index is 12.3. The van der Waals surface area contributed by atoms with Crippen LogP contribution in [-0.2, 0) is 4.79 Å². The van der Waals surface area contributed by atoms with Crippen molar-refractivity contribution in [1.29, 1.82) is 0 Å². The van der Waals surface area contributed by atoms with E-state index in [0.717, 1.165) is 44.9 Å². The number of aliphatic hydroxyl groups excluding tert-OH is 3. The monoisotopic (exact) mass is 551 g/mol. The Hall–Kier alpha value is -1.17. The predicted octanol–water partition coefficient (Wildman–Crippen LogP) is 8.31. The van der Waals surface area contributed by atoms with Gasteiger partial charge in [-0.05, 0) is 57.8 Å². The van der Waals surface area contributed by atoms with E-state index in [1.807, 2.05) is 0 Å². The minimum Gasteiger partial charge on any atom is -0.394 e. The number of allylic oxidation sites excluding steroid dienone is 4. The van der Waals surface area contributed by atoms with Crippen LogP contribution in [0.3, 0.4) is 0 Å². The van der Waals surface area contributed by atoms with E-state index in [-0.39, 0.29) is 12.5 Å². The second kappa shape index (κ2) is 29.8. The largest absolute Gasteiger partial charge is 0.394 e. The molecule has 1 amide bonds. The molecule has 0 rings (SSSR count). The van der Waals surface area contributed by atoms with Crippen molar-refractivity contribution in [1.82, 2.24) is 5.32 Å². The summed E-state index contributed by atoms with van der Waals surface area (Å²) in [6.45, 7) is 4.09. The van der Waals surface area contributed by atoms with Crippen LogP contribution in [0.5, 0.6) is 0 Å². The summed E-state index contributed by atoms with van der Waals surface area (Å²) >= 11 is 0. The average Bonchev–Trinajstić information content (AvgIpc) is 2.94. The van der Waals surface area contributed by atoms with E-state index in [1.54, 1.807) is 0 Å². The summed E-state index contributed by atoms with van der Waals surface area (Å²) in [5.74, 6) is -0.168. The summed E-state index contributed by atoms with van der Waals surface area (Å²) in [6.07, 6.45) is 32.6. The van der Waals surface area contributed by atoms with Gasteiger partial charge in [-0.2, -0.15) is 0 Å². The number of hydrogen-bond donors (Lipinski definition) is 4. The summed E-state index contributed by atoms with van der Waals surface area (Å²) in [7, 11) is 0. The molecule has 39 heavy (non-hydrogen) atoms. The minimum absolute atomic E-state index is 0.168. The van der Waals surface area contributed by atoms with Crippen LogP contribution in [0.1, 0.15) is 162 Å². The molecule has 4 N–H and O–H groups in total. The molecule has 230 valence electrons. The third kappa shape index (κ3) is 25.5. The first-order valence-corrected chi connectivity index (χ1v) is 16.6. The molecule has 0 aromatic heterocycles. The summed E-state index contributed by atoms with van der Waals surface area (Å²) in [4.78, 5) is 12.3. The molecular formula is C34H65NO4. The normalized spacial score (nSPS) is 14.3. The first kappa shape index (κ1) is 37.8. The van der Waals surface area contributed by atoms with Gasteiger partial charge in [0.1, 0.15) is 6.10 Å². The standard InChI is InChI=1S/C34H65NO4/c1-3-5-7-9-11-13-15-16-17-19-20-22-24-26-28-32(37)34(39)31(30-36)35-33(38)29-27-25-23-21-18-14-12-10-8-6-4-2/h10,12,20,22,31-32,34,36-37,39H,3-9,11,13-19,21,23-30H2,1-2H3,(H,35,38)/b12-10-,22-20+. The Bertz CT molecular complexity index is 578. The van der Waals surface area contributed by atoms with Gasteiger partial charge in [0.25, 0.3) is 0 Å². The van der Waals surface area contributed by atoms with E-state index in [4.69, 9.17) is 0 Å². The fourth-order valence-electron chi connectivity index (χ4n) is 4.85. The molecule has 0 aromatic carbocycles. The highest BCUT2D eigenvalue weighted by Crippen LogP contribution is 2.13. The number of hydrogen-bond acceptors (Lipinski definition) is 4. The fourth-order valence-corrected chi connectivity index (χ4v) is 4.85. The summed E-state index contributed by atoms with van der Waals surface area (Å²) < 4.78 is 0. The lowest BCUT2D eigenvalue weighted by atomic mass is 10.0. The Balaban J connectivity index is 3.80. The van der Waals surface area contributed by atoms with Gasteiger partial charge in [0.15, 0.2) is 0 Å². The van der Waals surface area contributed by atoms with Crippen molar-refractivity contribution in [2.75, 3.05) is 6.61 Å². The quantitative estimate of drug-likeness (QED) is 0.0556. The molecule has 0 saturated heterocycles. The average molecular weight is 552 g/mol. The van der Waals surface area contributed by atoms with Crippen molar-refractivity contribution < 1.29 is 20.1 Å². The predicted molar refractivity (Wildman–Crippen MR) is 167 cm³/mol. The topological polar surface area (TPSA) is 89.8 Å². The number of carbonyl (C=O) groups excluding carboxylic acids is 1. The van der Waals surface area contributed by atoms with E-state index in [0.29, 0.717) is 12.8 Å². The summed E-state index contributed by atoms with van der Waals surface area (Å²) in [5, 5.41) is 33.2. The highest BCUT2D eigenvalue weighted by atomic mass is 16.3. The van der Waals surface area contributed by atoms with Crippen molar-refractivity contribution in [3.63, 3.8) is 0 Å². The molecule has 0 heterocycles. The third-order valence-electron chi connectivity index (χ3n) is 7.53. The van der Waals surface area contributed by atoms with Crippen molar-refractivity contribution in [2.45, 2.75) is 180 Å². The maximum Gasteiger partial charge on any atom is 0.220 e. The minimum atomic E-state index is -1.16. The molecule has 0 saturated carbocycles. The van der Waals surface area contributed by atoms with E-state index in [1.165, 1.54) is 89.9 Å². The molecule has 3 atom stereocenters. The van der Waals surface area contributed by atoms with E-state index < -0.39 is 18.2 Å². The first-order valence-electron chi connectivity index (χ1n) is 16.6. The highest BCUT2D eigenvalue weighted by molar-refractivity contribution is 5.76. The van der Waals surface area contributed by atoms with Gasteiger partial charge < -0.3 is 20.6 Å². The molecule has 0 aliphatic rings. The van der Waals surface area contributed by atoms with E-state index in [2.05, 4.69) is 43.5 Å². The van der Waals surface area contributed by atoms with Gasteiger partial charge in [0.2, 0.25) is 5.91 Å². The molecule has 0 radical (unpaired) electrons. The maximum atomic E-state index is 12.3. The van der Waals surface area contributed by atoms with Crippen molar-refractivity contribution in [3.8, 4) is 0 Å². The van der Waals surface area contributed by atoms with Crippen molar-refractivity contribution in [2.24, 2.45) is 0 Å². The van der Waals surface area contributed by atoms with Gasteiger partial charge in [-0.15, -0.1) is 0 Å². The Morgan fingerprint density at radius 2 is 1.05 bits per heavy atom. The Morgan fingerprint density at radius 3 is 1.56 bits per heavy atom. The Labute approximate surface area is 241 Å². The third-order valence-corrected chi connectivity index (χ3v) is 7.53. The van der Waals surface area contributed by atoms with Crippen LogP contribution in [0.15, 0.2) is 24.3 Å². The van der Waals surface area contributed by atoms with Crippen LogP contribution in [0.4, 0.5) is 0 Å². The van der Waals surface area contributed by atoms with E-state index >= 15 is 0 Å². The molecule has 3 unspecified atom stereocenters. The number of carbonyl (C=O) groups is 1. The molecule has 0 aromatic rings. The second-order valence-corrected chi connectivity index (χ2v) is 11.4. The Kier molecular flexibility index (Phi) is 28.9. The van der Waals surface area contributed by atoms with Crippen LogP contribution < -0.4 is 5.32 Å². The van der Waals surface area contributed by atoms with Gasteiger partial charge in [-0.3, -0.25) is 4.79 Å². The fraction of sp³-hybridized carbons (Fsp3) is 0.853. The number of rotatable bonds is 29. The molecule has 0 fully saturated rings. The molecule has 0 aliphatic carbocycles. The van der Waals surface area contributed by atoms with Gasteiger partial charge >= 0.3 is 0 Å². The zero-order valence-corrected chi connectivity index (χ0v) is 25.8. The number of aliphatic hydroxyl groups is 3. The second-order valence-electron chi connectivity index (χ2n) is 11.4. The summed E-state index contributed by atoms with van der Waals surface area (Å²) in [6, 6.07) is -0.825. The SMILES string of the molecule is CCCC/C=C\CCCCCCCC(=O)NC(CO)C(O)C(O)CCC/C=C/CCCCCCCCCCC. The van der Waals surface area contributed by atoms with Crippen LogP contribution in [0, 0.1) is 0 Å². The molecule has 0 bridgehead atoms. The molecule has 5 nitrogen and oxygen atoms in total. The molecule has 0 aliphatic heterocycles. The Morgan fingerprint density at radius 1 is 0.615 bits per heavy atom. The van der Waals surface area contributed by atoms with Gasteiger partial charge in [0.05, 0.1) is 18.8 Å². The smallest absolute Gasteiger partial charge is 0.220 e. The molecular weight excluding hydrogens is 486 g/mol. The lowest BCUT2D eigenvalue weighted by molar-refractivity contribution is -0.124. The van der Waals surface area contributed by atoms with Crippen molar-refractivity contribution >= 4 is 5.91 Å². The van der Waals surface area contributed by atoms with Crippen LogP contribution >= 0.6 is 0 Å². The van der Waals surface area contributed by atoms with E-state index in [9.17, 15) is 20.1 Å². The number of nitrogens with one attached hydrogen (secondary N) is 1. The van der Waals surface area contributed by atoms with Gasteiger partial charge in [-0.25, -0.2) is 0 Å². The lowest BCUT2D eigenvalue weighted by Gasteiger charge is -2.26. The van der Waals surface area contributed by atoms with Crippen LogP contribution in [0.25, 0.3) is 0 Å². The number of amides is 1. The van der Waals surface area contributed by atoms with Crippen molar-refractivity contribution in [3.05, 3.63) is 24.3 Å². The molecule has 5 heteroatoms. The van der Waals surface area contributed by atoms with Gasteiger partial charge in [0, 0.05) is 6.42 Å². The zero-order chi connectivity index (χ0) is 28.8. The van der Waals surface area contributed by atoms with Crippen LogP contribution in [-0.4, -0.2) is 46.1 Å². The number of unbranched alkanes of at least 4 members (excludes halogenated alkanes) is 17. The first-order chi connectivity index (χ1) is 19.1. The summed E-state index contributed by atoms with van der Waals surface area (Å²) in [5.41, 5.74) is 0.